The summed E-state index contributed by atoms with van der Waals surface area (Å²) in [7, 11) is 9.24. The normalized spacial score (nSPS) is 28.2. The second-order valence-corrected chi connectivity index (χ2v) is 17.2. The summed E-state index contributed by atoms with van der Waals surface area (Å²) < 4.78 is 0. The molecule has 6 atom stereocenters. The van der Waals surface area contributed by atoms with Crippen molar-refractivity contribution in [2.75, 3.05) is 80.5 Å². The number of nitrogens with zero attached hydrogens (tertiary/aromatic N) is 6. The Bertz CT molecular complexity index is 1760. The van der Waals surface area contributed by atoms with E-state index in [0.717, 1.165) is 84.1 Å². The van der Waals surface area contributed by atoms with Crippen molar-refractivity contribution in [1.29, 1.82) is 0 Å². The number of hydrogen-bond acceptors (Lipinski definition) is 4. The predicted molar refractivity (Wildman–Crippen MR) is 213 cm³/mol. The van der Waals surface area contributed by atoms with Gasteiger partial charge in [0.2, 0.25) is 0 Å². The van der Waals surface area contributed by atoms with Gasteiger partial charge in [-0.25, -0.2) is 9.97 Å². The molecule has 53 heavy (non-hydrogen) atoms. The van der Waals surface area contributed by atoms with Gasteiger partial charge in [0.1, 0.15) is 0 Å². The van der Waals surface area contributed by atoms with Gasteiger partial charge in [-0.3, -0.25) is 0 Å². The van der Waals surface area contributed by atoms with Crippen LogP contribution in [-0.4, -0.2) is 100 Å². The van der Waals surface area contributed by atoms with Crippen LogP contribution in [0.1, 0.15) is 120 Å². The Balaban J connectivity index is 0.00000400. The first-order valence-electron chi connectivity index (χ1n) is 20.4. The van der Waals surface area contributed by atoms with Gasteiger partial charge in [0.15, 0.2) is 0 Å². The first-order chi connectivity index (χ1) is 25.4. The molecule has 3 aromatic rings. The van der Waals surface area contributed by atoms with Crippen molar-refractivity contribution in [3.05, 3.63) is 69.3 Å². The molecule has 6 unspecified atom stereocenters. The number of quaternary nitrogens is 2. The summed E-state index contributed by atoms with van der Waals surface area (Å²) in [6, 6.07) is 9.22. The number of nitrogens with one attached hydrogen (secondary N) is 2. The molecule has 6 aliphatic heterocycles. The molecule has 9 heterocycles. The number of fused-ring (bicyclic) bond motifs is 8. The number of piperidine rings is 4. The molecule has 3 aromatic heterocycles. The predicted octanol–water partition coefficient (Wildman–Crippen LogP) is 4.31. The molecule has 4 fully saturated rings. The summed E-state index contributed by atoms with van der Waals surface area (Å²) in [6.45, 7) is 9.08. The Labute approximate surface area is 326 Å². The molecular weight excluding hydrogens is 695 g/mol. The summed E-state index contributed by atoms with van der Waals surface area (Å²) in [4.78, 5) is 30.6. The fourth-order valence-corrected chi connectivity index (χ4v) is 10.7. The zero-order chi connectivity index (χ0) is 35.3. The van der Waals surface area contributed by atoms with Crippen LogP contribution in [0.2, 0.25) is 0 Å². The zero-order valence-electron chi connectivity index (χ0n) is 32.3. The van der Waals surface area contributed by atoms with Crippen LogP contribution in [0.5, 0.6) is 0 Å². The number of likely N-dealkylation sites (N-methyl/N-ethyl adjacent to an activating group) is 4. The maximum Gasteiger partial charge on any atom is 2.00 e. The van der Waals surface area contributed by atoms with Crippen molar-refractivity contribution >= 4 is 46.4 Å². The van der Waals surface area contributed by atoms with E-state index in [1.165, 1.54) is 86.7 Å². The molecular formula is C44H58MnN8+2. The summed E-state index contributed by atoms with van der Waals surface area (Å²) in [5, 5.41) is 0. The van der Waals surface area contributed by atoms with Crippen molar-refractivity contribution in [2.45, 2.75) is 75.0 Å². The van der Waals surface area contributed by atoms with E-state index in [4.69, 9.17) is 19.9 Å². The summed E-state index contributed by atoms with van der Waals surface area (Å²) in [5.41, 5.74) is 14.1. The Morgan fingerprint density at radius 1 is 0.528 bits per heavy atom. The average Bonchev–Trinajstić information content (AvgIpc) is 3.96. The quantitative estimate of drug-likeness (QED) is 0.267. The van der Waals surface area contributed by atoms with Gasteiger partial charge >= 0.3 is 17.1 Å². The van der Waals surface area contributed by atoms with Crippen molar-refractivity contribution in [3.63, 3.8) is 0 Å². The summed E-state index contributed by atoms with van der Waals surface area (Å²) in [5.74, 6) is 1.63. The second-order valence-electron chi connectivity index (χ2n) is 17.2. The molecule has 0 spiro atoms. The molecule has 6 aliphatic rings. The van der Waals surface area contributed by atoms with Crippen LogP contribution in [0.25, 0.3) is 46.4 Å². The van der Waals surface area contributed by atoms with Crippen molar-refractivity contribution in [2.24, 2.45) is 0 Å². The van der Waals surface area contributed by atoms with Gasteiger partial charge in [-0.2, -0.15) is 0 Å². The molecule has 279 valence electrons. The monoisotopic (exact) mass is 753 g/mol. The van der Waals surface area contributed by atoms with Crippen molar-refractivity contribution < 1.29 is 26.9 Å². The van der Waals surface area contributed by atoms with Crippen molar-refractivity contribution in [1.82, 2.24) is 29.7 Å². The van der Waals surface area contributed by atoms with Crippen LogP contribution in [0.4, 0.5) is 0 Å². The molecule has 8 nitrogen and oxygen atoms in total. The van der Waals surface area contributed by atoms with Crippen LogP contribution in [0.15, 0.2) is 24.3 Å². The van der Waals surface area contributed by atoms with Gasteiger partial charge in [0, 0.05) is 24.9 Å². The standard InChI is InChI=1S/C44H56N8.Mn/c1-49-21-5-9-29(25-49)41-33-13-15-35(45-33)42(30-10-6-22-50(2)26-30)37-17-19-39(47-37)44(32-12-8-24-52(4)28-32)40-20-18-38(48-40)43(36-16-14-34(41)46-36)31-11-7-23-51(3)27-31;/h13-20,29-32H,5-12,21-28H2,1-4H3;/q-2;+2/p+2. The van der Waals surface area contributed by atoms with E-state index >= 15 is 0 Å². The summed E-state index contributed by atoms with van der Waals surface area (Å²) >= 11 is 0. The molecule has 4 saturated heterocycles. The molecule has 0 aliphatic carbocycles. The summed E-state index contributed by atoms with van der Waals surface area (Å²) in [6.07, 6.45) is 18.8. The number of aromatic nitrogens is 4. The fourth-order valence-electron chi connectivity index (χ4n) is 10.7. The van der Waals surface area contributed by atoms with Gasteiger partial charge < -0.3 is 29.6 Å². The minimum Gasteiger partial charge on any atom is -0.657 e. The van der Waals surface area contributed by atoms with E-state index in [-0.39, 0.29) is 17.1 Å². The van der Waals surface area contributed by atoms with E-state index in [9.17, 15) is 0 Å². The third-order valence-corrected chi connectivity index (χ3v) is 13.2. The maximum atomic E-state index is 5.61. The van der Waals surface area contributed by atoms with Gasteiger partial charge in [-0.15, -0.1) is 22.1 Å². The molecule has 1 radical (unpaired) electrons. The first kappa shape index (κ1) is 36.9. The molecule has 0 aromatic carbocycles. The second kappa shape index (κ2) is 15.6. The van der Waals surface area contributed by atoms with Crippen LogP contribution >= 0.6 is 0 Å². The Kier molecular flexibility index (Phi) is 10.9. The largest absolute Gasteiger partial charge is 2.00 e. The molecule has 2 N–H and O–H groups in total. The van der Waals surface area contributed by atoms with Crippen LogP contribution in [-0.2, 0) is 17.1 Å². The van der Waals surface area contributed by atoms with Gasteiger partial charge in [-0.1, -0.05) is 24.3 Å². The number of likely N-dealkylation sites (tertiary alicyclic amines) is 4. The van der Waals surface area contributed by atoms with E-state index < -0.39 is 0 Å². The van der Waals surface area contributed by atoms with E-state index in [2.05, 4.69) is 86.6 Å². The average molecular weight is 754 g/mol. The maximum absolute atomic E-state index is 5.61. The van der Waals surface area contributed by atoms with E-state index in [1.807, 2.05) is 0 Å². The first-order valence-corrected chi connectivity index (χ1v) is 20.4. The molecule has 9 heteroatoms. The minimum atomic E-state index is 0. The number of rotatable bonds is 4. The topological polar surface area (TPSA) is 69.3 Å². The molecule has 9 rings (SSSR count). The smallest absolute Gasteiger partial charge is 0.657 e. The zero-order valence-corrected chi connectivity index (χ0v) is 33.5. The van der Waals surface area contributed by atoms with Gasteiger partial charge in [0.05, 0.1) is 63.1 Å². The minimum absolute atomic E-state index is 0. The Morgan fingerprint density at radius 2 is 0.868 bits per heavy atom. The van der Waals surface area contributed by atoms with Crippen molar-refractivity contribution in [3.8, 4) is 0 Å². The number of hydrogen-bond donors (Lipinski definition) is 2. The van der Waals surface area contributed by atoms with Crippen LogP contribution < -0.4 is 19.8 Å². The van der Waals surface area contributed by atoms with Gasteiger partial charge in [0.25, 0.3) is 0 Å². The molecule has 0 saturated carbocycles. The van der Waals surface area contributed by atoms with E-state index in [1.54, 1.807) is 9.80 Å². The third-order valence-electron chi connectivity index (χ3n) is 13.2. The van der Waals surface area contributed by atoms with Crippen LogP contribution in [0, 0.1) is 0 Å². The van der Waals surface area contributed by atoms with E-state index in [0.29, 0.717) is 23.7 Å². The Hall–Kier alpha value is -3.04. The van der Waals surface area contributed by atoms with Crippen LogP contribution in [0.3, 0.4) is 0 Å². The third kappa shape index (κ3) is 7.38. The van der Waals surface area contributed by atoms with Gasteiger partial charge in [-0.05, 0) is 137 Å². The molecule has 8 bridgehead atoms. The molecule has 0 amide bonds. The SMILES string of the molecule is CN1CCCC(c2c3nc(c(C4CCC[NH+](C)C4)c4ccc([n-]4)c(C4CCC[NH+](C)C4)c4nc(c(C5CCCN(C)C5)c5ccc2[n-]5)C=C4)C=C3)C1.[Mn+2]. The fraction of sp³-hybridized carbons (Fsp3) is 0.545. The Morgan fingerprint density at radius 3 is 1.21 bits per heavy atom.